The number of aromatic nitrogens is 2. The number of fused-ring (bicyclic) bond motifs is 1. The van der Waals surface area contributed by atoms with E-state index < -0.39 is 17.9 Å². The summed E-state index contributed by atoms with van der Waals surface area (Å²) in [5.41, 5.74) is 7.87. The summed E-state index contributed by atoms with van der Waals surface area (Å²) in [5.74, 6) is -4.74. The van der Waals surface area contributed by atoms with Gasteiger partial charge in [0.25, 0.3) is 5.91 Å². The molecule has 0 saturated carbocycles. The van der Waals surface area contributed by atoms with Gasteiger partial charge in [-0.1, -0.05) is 6.07 Å². The lowest BCUT2D eigenvalue weighted by atomic mass is 10.1. The van der Waals surface area contributed by atoms with Gasteiger partial charge in [-0.2, -0.15) is 19.1 Å². The summed E-state index contributed by atoms with van der Waals surface area (Å²) in [6.07, 6.45) is 4.56. The van der Waals surface area contributed by atoms with E-state index in [-0.39, 0.29) is 13.1 Å². The molecule has 0 saturated heterocycles. The van der Waals surface area contributed by atoms with Gasteiger partial charge in [0.15, 0.2) is 0 Å². The van der Waals surface area contributed by atoms with Gasteiger partial charge >= 0.3 is 5.92 Å². The van der Waals surface area contributed by atoms with Crippen molar-refractivity contribution in [1.29, 1.82) is 5.26 Å². The fourth-order valence-corrected chi connectivity index (χ4v) is 2.47. The Bertz CT molecular complexity index is 920. The molecule has 2 rings (SSSR count). The van der Waals surface area contributed by atoms with E-state index in [2.05, 4.69) is 15.4 Å². The molecule has 1 unspecified atom stereocenters. The molecule has 1 amide bonds. The van der Waals surface area contributed by atoms with Crippen molar-refractivity contribution < 1.29 is 13.6 Å². The van der Waals surface area contributed by atoms with Crippen LogP contribution in [-0.4, -0.2) is 40.4 Å². The molecule has 0 radical (unpaired) electrons. The molecule has 1 atom stereocenters. The number of nitrogens with one attached hydrogen (secondary N) is 1. The Morgan fingerprint density at radius 2 is 2.30 bits per heavy atom. The first-order valence-electron chi connectivity index (χ1n) is 8.19. The molecule has 3 N–H and O–H groups in total. The summed E-state index contributed by atoms with van der Waals surface area (Å²) in [4.78, 5) is 15.3. The molecule has 9 heteroatoms. The zero-order valence-corrected chi connectivity index (χ0v) is 15.0. The van der Waals surface area contributed by atoms with E-state index in [0.717, 1.165) is 16.5 Å². The van der Waals surface area contributed by atoms with Gasteiger partial charge in [0.1, 0.15) is 6.54 Å². The maximum atomic E-state index is 13.0. The number of allylic oxidation sites excluding steroid dienone is 1. The summed E-state index contributed by atoms with van der Waals surface area (Å²) >= 11 is 0. The zero-order valence-electron chi connectivity index (χ0n) is 15.0. The third kappa shape index (κ3) is 5.10. The van der Waals surface area contributed by atoms with Crippen molar-refractivity contribution in [2.45, 2.75) is 32.4 Å². The number of carbonyl (C=O) groups excluding carboxylic acids is 1. The first-order chi connectivity index (χ1) is 12.8. The molecule has 0 spiro atoms. The summed E-state index contributed by atoms with van der Waals surface area (Å²) < 4.78 is 27.6. The van der Waals surface area contributed by atoms with Crippen LogP contribution in [0.15, 0.2) is 35.6 Å². The Labute approximate surface area is 155 Å². The van der Waals surface area contributed by atoms with Gasteiger partial charge in [-0.25, -0.2) is 0 Å². The minimum Gasteiger partial charge on any atom is -0.404 e. The molecule has 1 aromatic carbocycles. The number of hydrogen-bond acceptors (Lipinski definition) is 5. The molecule has 0 bridgehead atoms. The number of hydrogen-bond donors (Lipinski definition) is 2. The molecule has 27 heavy (non-hydrogen) atoms. The number of rotatable bonds is 7. The number of nitrogens with two attached hydrogens (primary N) is 1. The second-order valence-electron chi connectivity index (χ2n) is 6.11. The van der Waals surface area contributed by atoms with Crippen molar-refractivity contribution in [2.75, 3.05) is 6.54 Å². The van der Waals surface area contributed by atoms with Crippen LogP contribution in [0.5, 0.6) is 0 Å². The Balaban J connectivity index is 2.18. The lowest BCUT2D eigenvalue weighted by Gasteiger charge is -2.17. The molecular formula is C18H20F2N6O. The van der Waals surface area contributed by atoms with E-state index in [0.29, 0.717) is 12.5 Å². The maximum absolute atomic E-state index is 13.0. The van der Waals surface area contributed by atoms with E-state index in [1.165, 1.54) is 12.4 Å². The number of alkyl halides is 2. The zero-order chi connectivity index (χ0) is 20.0. The molecule has 0 aliphatic heterocycles. The number of nitrogens with zero attached hydrogens (tertiary/aromatic N) is 4. The van der Waals surface area contributed by atoms with Crippen LogP contribution in [0, 0.1) is 11.3 Å². The Morgan fingerprint density at radius 1 is 1.56 bits per heavy atom. The summed E-state index contributed by atoms with van der Waals surface area (Å²) in [7, 11) is 0. The highest BCUT2D eigenvalue weighted by Gasteiger charge is 2.32. The van der Waals surface area contributed by atoms with Gasteiger partial charge < -0.3 is 11.1 Å². The maximum Gasteiger partial charge on any atom is 0.321 e. The normalized spacial score (nSPS) is 13.7. The molecule has 1 heterocycles. The average molecular weight is 374 g/mol. The van der Waals surface area contributed by atoms with Crippen LogP contribution in [0.3, 0.4) is 0 Å². The smallest absolute Gasteiger partial charge is 0.321 e. The van der Waals surface area contributed by atoms with Crippen LogP contribution < -0.4 is 11.1 Å². The van der Waals surface area contributed by atoms with E-state index in [9.17, 15) is 13.6 Å². The van der Waals surface area contributed by atoms with Crippen LogP contribution in [0.2, 0.25) is 0 Å². The van der Waals surface area contributed by atoms with Crippen LogP contribution >= 0.6 is 0 Å². The third-order valence-corrected chi connectivity index (χ3v) is 3.77. The standard InChI is InChI=1S/C18H20F2N6O/c1-12(25-17(27)18(2,19)20)11-26-16-4-3-13(7-14(16)10-24-26)15(8-22)9-23-6-5-21/h3-4,7-10,12H,6,11,22H2,1-2H3,(H,25,27)/b15-8+,23-9?. The highest BCUT2D eigenvalue weighted by Crippen LogP contribution is 2.20. The van der Waals surface area contributed by atoms with Crippen molar-refractivity contribution in [3.05, 3.63) is 36.2 Å². The number of aliphatic imine (C=N–C) groups is 1. The molecule has 142 valence electrons. The summed E-state index contributed by atoms with van der Waals surface area (Å²) in [6.45, 7) is 2.47. The van der Waals surface area contributed by atoms with Gasteiger partial charge in [-0.15, -0.1) is 0 Å². The predicted molar refractivity (Wildman–Crippen MR) is 99.1 cm³/mol. The first kappa shape index (κ1) is 20.0. The largest absolute Gasteiger partial charge is 0.404 e. The molecule has 0 aliphatic carbocycles. The molecule has 0 aliphatic rings. The Morgan fingerprint density at radius 3 is 2.93 bits per heavy atom. The van der Waals surface area contributed by atoms with Gasteiger partial charge in [-0.05, 0) is 24.6 Å². The van der Waals surface area contributed by atoms with E-state index in [1.54, 1.807) is 17.8 Å². The van der Waals surface area contributed by atoms with Gasteiger partial charge in [0.2, 0.25) is 0 Å². The highest BCUT2D eigenvalue weighted by molar-refractivity contribution is 6.10. The van der Waals surface area contributed by atoms with Crippen molar-refractivity contribution >= 4 is 28.6 Å². The van der Waals surface area contributed by atoms with Gasteiger partial charge in [0.05, 0.1) is 24.3 Å². The van der Waals surface area contributed by atoms with Crippen LogP contribution in [-0.2, 0) is 11.3 Å². The topological polar surface area (TPSA) is 109 Å². The Kier molecular flexibility index (Phi) is 6.23. The van der Waals surface area contributed by atoms with Crippen molar-refractivity contribution in [3.63, 3.8) is 0 Å². The Hall–Kier alpha value is -3.28. The predicted octanol–water partition coefficient (Wildman–Crippen LogP) is 2.09. The number of halogens is 2. The molecule has 7 nitrogen and oxygen atoms in total. The van der Waals surface area contributed by atoms with Crippen molar-refractivity contribution in [1.82, 2.24) is 15.1 Å². The molecule has 1 aromatic heterocycles. The summed E-state index contributed by atoms with van der Waals surface area (Å²) in [6, 6.07) is 6.89. The van der Waals surface area contributed by atoms with E-state index in [4.69, 9.17) is 11.0 Å². The quantitative estimate of drug-likeness (QED) is 0.571. The minimum atomic E-state index is -3.42. The van der Waals surface area contributed by atoms with Gasteiger partial charge in [0, 0.05) is 36.3 Å². The van der Waals surface area contributed by atoms with Crippen LogP contribution in [0.25, 0.3) is 16.5 Å². The fourth-order valence-electron chi connectivity index (χ4n) is 2.47. The molecular weight excluding hydrogens is 354 g/mol. The fraction of sp³-hybridized carbons (Fsp3) is 0.333. The second-order valence-corrected chi connectivity index (χ2v) is 6.11. The van der Waals surface area contributed by atoms with E-state index in [1.807, 2.05) is 24.3 Å². The minimum absolute atomic E-state index is 0.0396. The highest BCUT2D eigenvalue weighted by atomic mass is 19.3. The number of benzene rings is 1. The summed E-state index contributed by atoms with van der Waals surface area (Å²) in [5, 5.41) is 15.9. The molecule has 2 aromatic rings. The third-order valence-electron chi connectivity index (χ3n) is 3.77. The number of amides is 1. The van der Waals surface area contributed by atoms with Crippen molar-refractivity contribution in [2.24, 2.45) is 10.7 Å². The lowest BCUT2D eigenvalue weighted by molar-refractivity contribution is -0.143. The monoisotopic (exact) mass is 374 g/mol. The molecule has 0 fully saturated rings. The van der Waals surface area contributed by atoms with Crippen LogP contribution in [0.1, 0.15) is 19.4 Å². The average Bonchev–Trinajstić information content (AvgIpc) is 3.00. The number of nitriles is 1. The lowest BCUT2D eigenvalue weighted by Crippen LogP contribution is -2.44. The SMILES string of the molecule is CC(Cn1ncc2cc(/C(C=NCC#N)=C/N)ccc21)NC(=O)C(C)(F)F. The van der Waals surface area contributed by atoms with Crippen LogP contribution in [0.4, 0.5) is 8.78 Å². The second kappa shape index (κ2) is 8.40. The van der Waals surface area contributed by atoms with E-state index >= 15 is 0 Å². The first-order valence-corrected chi connectivity index (χ1v) is 8.19. The van der Waals surface area contributed by atoms with Crippen molar-refractivity contribution in [3.8, 4) is 6.07 Å². The number of carbonyl (C=O) groups is 1. The van der Waals surface area contributed by atoms with Gasteiger partial charge in [-0.3, -0.25) is 14.5 Å².